The second-order valence-electron chi connectivity index (χ2n) is 3.72. The predicted octanol–water partition coefficient (Wildman–Crippen LogP) is 2.20. The number of nitrogens with zero attached hydrogens (tertiary/aromatic N) is 3. The molecule has 0 aliphatic carbocycles. The van der Waals surface area contributed by atoms with Gasteiger partial charge in [0.2, 0.25) is 0 Å². The topological polar surface area (TPSA) is 29.0 Å². The Morgan fingerprint density at radius 3 is 3.13 bits per heavy atom. The minimum absolute atomic E-state index is 1.06. The maximum atomic E-state index is 4.49. The van der Waals surface area contributed by atoms with Crippen LogP contribution in [0, 0.1) is 0 Å². The minimum Gasteiger partial charge on any atom is -0.359 e. The molecule has 0 bridgehead atoms. The van der Waals surface area contributed by atoms with E-state index in [1.165, 1.54) is 5.56 Å². The second kappa shape index (κ2) is 3.31. The average molecular weight is 217 g/mol. The van der Waals surface area contributed by atoms with Gasteiger partial charge >= 0.3 is 0 Å². The molecule has 0 atom stereocenters. The minimum atomic E-state index is 1.06. The highest BCUT2D eigenvalue weighted by Gasteiger charge is 2.17. The molecule has 0 spiro atoms. The van der Waals surface area contributed by atoms with Crippen molar-refractivity contribution in [1.29, 1.82) is 0 Å². The fourth-order valence-electron chi connectivity index (χ4n) is 1.91. The molecule has 0 N–H and O–H groups in total. The first-order valence-corrected chi connectivity index (χ1v) is 5.82. The van der Waals surface area contributed by atoms with Gasteiger partial charge in [0.15, 0.2) is 0 Å². The Bertz CT molecular complexity index is 479. The summed E-state index contributed by atoms with van der Waals surface area (Å²) in [6.45, 7) is 1.07. The van der Waals surface area contributed by atoms with E-state index in [2.05, 4.69) is 28.0 Å². The van der Waals surface area contributed by atoms with E-state index < -0.39 is 0 Å². The lowest BCUT2D eigenvalue weighted by atomic mass is 10.2. The smallest absolute Gasteiger partial charge is 0.131 e. The molecule has 1 aliphatic rings. The maximum Gasteiger partial charge on any atom is 0.131 e. The molecule has 3 heterocycles. The summed E-state index contributed by atoms with van der Waals surface area (Å²) in [5.74, 6) is 1.12. The molecule has 0 fully saturated rings. The van der Waals surface area contributed by atoms with Gasteiger partial charge in [0.1, 0.15) is 10.8 Å². The number of aromatic nitrogens is 2. The van der Waals surface area contributed by atoms with Crippen molar-refractivity contribution in [3.05, 3.63) is 29.4 Å². The normalized spacial score (nSPS) is 14.3. The molecule has 0 unspecified atom stereocenters. The molecular formula is C11H11N3S. The Balaban J connectivity index is 2.07. The molecule has 3 rings (SSSR count). The molecule has 2 aromatic rings. The summed E-state index contributed by atoms with van der Waals surface area (Å²) >= 11 is 1.66. The molecular weight excluding hydrogens is 206 g/mol. The number of pyridine rings is 1. The van der Waals surface area contributed by atoms with E-state index in [9.17, 15) is 0 Å². The Hall–Kier alpha value is -1.42. The fourth-order valence-corrected chi connectivity index (χ4v) is 2.53. The number of fused-ring (bicyclic) bond motifs is 1. The molecule has 1 aliphatic heterocycles. The zero-order valence-corrected chi connectivity index (χ0v) is 9.29. The van der Waals surface area contributed by atoms with E-state index in [4.69, 9.17) is 0 Å². The molecule has 0 amide bonds. The van der Waals surface area contributed by atoms with Crippen LogP contribution in [0.2, 0.25) is 0 Å². The van der Waals surface area contributed by atoms with Crippen LogP contribution in [0.4, 0.5) is 5.82 Å². The zero-order chi connectivity index (χ0) is 10.3. The van der Waals surface area contributed by atoms with Crippen molar-refractivity contribution in [3.63, 3.8) is 0 Å². The number of likely N-dealkylation sites (N-methyl/N-ethyl adjacent to an activating group) is 1. The van der Waals surface area contributed by atoms with Gasteiger partial charge in [0, 0.05) is 36.9 Å². The van der Waals surface area contributed by atoms with Gasteiger partial charge in [-0.1, -0.05) is 0 Å². The SMILES string of the molecule is CN1CCc2cc(-c3nccs3)cnc21. The first-order chi connectivity index (χ1) is 7.34. The highest BCUT2D eigenvalue weighted by Crippen LogP contribution is 2.29. The number of rotatable bonds is 1. The van der Waals surface area contributed by atoms with E-state index in [1.807, 2.05) is 17.8 Å². The van der Waals surface area contributed by atoms with E-state index in [1.54, 1.807) is 11.3 Å². The van der Waals surface area contributed by atoms with Crippen molar-refractivity contribution in [3.8, 4) is 10.6 Å². The third-order valence-electron chi connectivity index (χ3n) is 2.70. The van der Waals surface area contributed by atoms with Gasteiger partial charge < -0.3 is 4.90 Å². The maximum absolute atomic E-state index is 4.49. The third-order valence-corrected chi connectivity index (χ3v) is 3.52. The van der Waals surface area contributed by atoms with Crippen molar-refractivity contribution in [2.45, 2.75) is 6.42 Å². The molecule has 0 radical (unpaired) electrons. The largest absolute Gasteiger partial charge is 0.359 e. The fraction of sp³-hybridized carbons (Fsp3) is 0.273. The highest BCUT2D eigenvalue weighted by atomic mass is 32.1. The molecule has 0 aromatic carbocycles. The van der Waals surface area contributed by atoms with Gasteiger partial charge in [-0.05, 0) is 18.1 Å². The molecule has 2 aromatic heterocycles. The van der Waals surface area contributed by atoms with Crippen LogP contribution in [0.15, 0.2) is 23.8 Å². The lowest BCUT2D eigenvalue weighted by Gasteiger charge is -2.09. The Labute approximate surface area is 92.4 Å². The van der Waals surface area contributed by atoms with E-state index >= 15 is 0 Å². The quantitative estimate of drug-likeness (QED) is 0.733. The van der Waals surface area contributed by atoms with Gasteiger partial charge in [-0.15, -0.1) is 11.3 Å². The molecule has 4 heteroatoms. The summed E-state index contributed by atoms with van der Waals surface area (Å²) in [4.78, 5) is 11.0. The Morgan fingerprint density at radius 1 is 1.40 bits per heavy atom. The van der Waals surface area contributed by atoms with Gasteiger partial charge in [0.05, 0.1) is 0 Å². The van der Waals surface area contributed by atoms with Crippen LogP contribution < -0.4 is 4.90 Å². The number of hydrogen-bond donors (Lipinski definition) is 0. The van der Waals surface area contributed by atoms with Crippen molar-refractivity contribution in [2.24, 2.45) is 0 Å². The van der Waals surface area contributed by atoms with Gasteiger partial charge in [-0.3, -0.25) is 0 Å². The van der Waals surface area contributed by atoms with Crippen LogP contribution in [0.3, 0.4) is 0 Å². The summed E-state index contributed by atoms with van der Waals surface area (Å²) in [7, 11) is 2.09. The first-order valence-electron chi connectivity index (χ1n) is 4.94. The number of anilines is 1. The van der Waals surface area contributed by atoms with Crippen LogP contribution in [0.1, 0.15) is 5.56 Å². The molecule has 3 nitrogen and oxygen atoms in total. The Morgan fingerprint density at radius 2 is 2.33 bits per heavy atom. The summed E-state index contributed by atoms with van der Waals surface area (Å²) in [6, 6.07) is 2.21. The Kier molecular flexibility index (Phi) is 1.95. The summed E-state index contributed by atoms with van der Waals surface area (Å²) in [5.41, 5.74) is 2.48. The van der Waals surface area contributed by atoms with E-state index in [-0.39, 0.29) is 0 Å². The van der Waals surface area contributed by atoms with Crippen LogP contribution >= 0.6 is 11.3 Å². The first kappa shape index (κ1) is 8.85. The summed E-state index contributed by atoms with van der Waals surface area (Å²) < 4.78 is 0. The zero-order valence-electron chi connectivity index (χ0n) is 8.47. The molecule has 0 saturated carbocycles. The number of thiazole rings is 1. The second-order valence-corrected chi connectivity index (χ2v) is 4.61. The standard InChI is InChI=1S/C11H11N3S/c1-14-4-2-8-6-9(7-13-10(8)14)11-12-3-5-15-11/h3,5-7H,2,4H2,1H3. The van der Waals surface area contributed by atoms with E-state index in [0.717, 1.165) is 29.4 Å². The number of hydrogen-bond acceptors (Lipinski definition) is 4. The average Bonchev–Trinajstić information content (AvgIpc) is 2.88. The van der Waals surface area contributed by atoms with Crippen molar-refractivity contribution in [2.75, 3.05) is 18.5 Å². The van der Waals surface area contributed by atoms with Crippen molar-refractivity contribution in [1.82, 2.24) is 9.97 Å². The summed E-state index contributed by atoms with van der Waals surface area (Å²) in [5, 5.41) is 3.05. The molecule has 76 valence electrons. The lowest BCUT2D eigenvalue weighted by molar-refractivity contribution is 0.945. The third kappa shape index (κ3) is 1.41. The predicted molar refractivity (Wildman–Crippen MR) is 62.3 cm³/mol. The van der Waals surface area contributed by atoms with Crippen LogP contribution in [-0.2, 0) is 6.42 Å². The monoisotopic (exact) mass is 217 g/mol. The van der Waals surface area contributed by atoms with Gasteiger partial charge in [0.25, 0.3) is 0 Å². The van der Waals surface area contributed by atoms with Crippen molar-refractivity contribution >= 4 is 17.2 Å². The lowest BCUT2D eigenvalue weighted by Crippen LogP contribution is -2.13. The molecule has 0 saturated heterocycles. The van der Waals surface area contributed by atoms with E-state index in [0.29, 0.717) is 0 Å². The highest BCUT2D eigenvalue weighted by molar-refractivity contribution is 7.13. The van der Waals surface area contributed by atoms with Gasteiger partial charge in [-0.25, -0.2) is 9.97 Å². The van der Waals surface area contributed by atoms with Crippen molar-refractivity contribution < 1.29 is 0 Å². The molecule has 15 heavy (non-hydrogen) atoms. The van der Waals surface area contributed by atoms with Gasteiger partial charge in [-0.2, -0.15) is 0 Å². The summed E-state index contributed by atoms with van der Waals surface area (Å²) in [6.07, 6.45) is 4.84. The van der Waals surface area contributed by atoms with Crippen LogP contribution in [-0.4, -0.2) is 23.6 Å². The van der Waals surface area contributed by atoms with Crippen LogP contribution in [0.5, 0.6) is 0 Å². The van der Waals surface area contributed by atoms with Crippen LogP contribution in [0.25, 0.3) is 10.6 Å².